The lowest BCUT2D eigenvalue weighted by molar-refractivity contribution is -0.139. The Morgan fingerprint density at radius 1 is 0.650 bits per heavy atom. The number of halogens is 3. The maximum atomic E-state index is 13.7. The molecule has 0 aliphatic carbocycles. The van der Waals surface area contributed by atoms with Crippen LogP contribution < -0.4 is 9.47 Å². The van der Waals surface area contributed by atoms with Crippen molar-refractivity contribution in [3.63, 3.8) is 0 Å². The molecule has 0 aliphatic heterocycles. The van der Waals surface area contributed by atoms with Crippen LogP contribution in [-0.4, -0.2) is 11.9 Å². The second kappa shape index (κ2) is 13.1. The van der Waals surface area contributed by atoms with Crippen LogP contribution in [0.2, 0.25) is 0 Å². The highest BCUT2D eigenvalue weighted by molar-refractivity contribution is 5.87. The molecule has 0 saturated carbocycles. The SMILES string of the molecule is C=C(C)C(=O)O/C=C\Oc1ccc(-c2ccc(-c3ccc(O/C=C\OC(=O)C(=C)C)c(C(F)(F)F)c3)cc2)cc1. The summed E-state index contributed by atoms with van der Waals surface area (Å²) in [5.74, 6) is -1.22. The van der Waals surface area contributed by atoms with E-state index in [1.807, 2.05) is 12.1 Å². The van der Waals surface area contributed by atoms with Gasteiger partial charge < -0.3 is 18.9 Å². The fourth-order valence-corrected chi connectivity index (χ4v) is 3.20. The molecule has 0 aliphatic rings. The van der Waals surface area contributed by atoms with Crippen LogP contribution in [0.5, 0.6) is 11.5 Å². The molecule has 0 fully saturated rings. The lowest BCUT2D eigenvalue weighted by atomic mass is 9.98. The summed E-state index contributed by atoms with van der Waals surface area (Å²) >= 11 is 0. The number of carbonyl (C=O) groups is 2. The van der Waals surface area contributed by atoms with Gasteiger partial charge in [0.15, 0.2) is 0 Å². The monoisotopic (exact) mass is 550 g/mol. The second-order valence-electron chi connectivity index (χ2n) is 8.46. The van der Waals surface area contributed by atoms with Crippen LogP contribution in [0.3, 0.4) is 0 Å². The van der Waals surface area contributed by atoms with E-state index in [2.05, 4.69) is 17.9 Å². The quantitative estimate of drug-likeness (QED) is 0.145. The third-order valence-corrected chi connectivity index (χ3v) is 5.25. The molecule has 3 aromatic carbocycles. The fourth-order valence-electron chi connectivity index (χ4n) is 3.20. The van der Waals surface area contributed by atoms with Gasteiger partial charge in [0.25, 0.3) is 0 Å². The zero-order valence-corrected chi connectivity index (χ0v) is 21.7. The Morgan fingerprint density at radius 3 is 1.55 bits per heavy atom. The molecular formula is C31H25F3O6. The Morgan fingerprint density at radius 2 is 1.07 bits per heavy atom. The number of carbonyl (C=O) groups excluding carboxylic acids is 2. The Balaban J connectivity index is 1.70. The standard InChI is InChI=1S/C31H25F3O6/c1-20(2)29(35)39-17-15-37-26-12-9-23(10-13-26)22-5-7-24(8-6-22)25-11-14-28(27(19-25)31(32,33)34)38-16-18-40-30(36)21(3)4/h5-19H,1,3H2,2,4H3/b17-15-,18-16-. The molecule has 0 amide bonds. The third-order valence-electron chi connectivity index (χ3n) is 5.25. The molecule has 0 radical (unpaired) electrons. The molecule has 0 unspecified atom stereocenters. The average Bonchev–Trinajstić information content (AvgIpc) is 2.93. The van der Waals surface area contributed by atoms with E-state index in [-0.39, 0.29) is 11.1 Å². The van der Waals surface area contributed by atoms with Gasteiger partial charge in [-0.2, -0.15) is 13.2 Å². The molecule has 9 heteroatoms. The Bertz CT molecular complexity index is 1450. The predicted octanol–water partition coefficient (Wildman–Crippen LogP) is 7.98. The molecule has 0 aromatic heterocycles. The number of ether oxygens (including phenoxy) is 4. The molecule has 6 nitrogen and oxygen atoms in total. The predicted molar refractivity (Wildman–Crippen MR) is 144 cm³/mol. The summed E-state index contributed by atoms with van der Waals surface area (Å²) in [5.41, 5.74) is 2.02. The molecule has 0 spiro atoms. The van der Waals surface area contributed by atoms with Crippen molar-refractivity contribution in [2.75, 3.05) is 0 Å². The van der Waals surface area contributed by atoms with Gasteiger partial charge in [-0.25, -0.2) is 9.59 Å². The molecule has 0 atom stereocenters. The number of rotatable bonds is 10. The van der Waals surface area contributed by atoms with Crippen molar-refractivity contribution < 1.29 is 41.7 Å². The maximum Gasteiger partial charge on any atom is 0.420 e. The first-order chi connectivity index (χ1) is 19.0. The second-order valence-corrected chi connectivity index (χ2v) is 8.46. The van der Waals surface area contributed by atoms with Gasteiger partial charge in [0.05, 0.1) is 5.56 Å². The molecule has 40 heavy (non-hydrogen) atoms. The van der Waals surface area contributed by atoms with Crippen molar-refractivity contribution >= 4 is 11.9 Å². The number of benzene rings is 3. The zero-order valence-electron chi connectivity index (χ0n) is 21.7. The van der Waals surface area contributed by atoms with Gasteiger partial charge in [-0.05, 0) is 60.4 Å². The third kappa shape index (κ3) is 8.22. The van der Waals surface area contributed by atoms with E-state index in [1.54, 1.807) is 36.4 Å². The van der Waals surface area contributed by atoms with E-state index >= 15 is 0 Å². The van der Waals surface area contributed by atoms with Gasteiger partial charge in [0.2, 0.25) is 0 Å². The van der Waals surface area contributed by atoms with Crippen molar-refractivity contribution in [3.8, 4) is 33.8 Å². The molecule has 0 heterocycles. The number of hydrogen-bond acceptors (Lipinski definition) is 6. The van der Waals surface area contributed by atoms with Crippen LogP contribution in [0.25, 0.3) is 22.3 Å². The Kier molecular flexibility index (Phi) is 9.70. The summed E-state index contributed by atoms with van der Waals surface area (Å²) in [7, 11) is 0. The van der Waals surface area contributed by atoms with Gasteiger partial charge >= 0.3 is 18.1 Å². The van der Waals surface area contributed by atoms with E-state index in [1.165, 1.54) is 32.2 Å². The number of esters is 2. The van der Waals surface area contributed by atoms with Gasteiger partial charge in [0.1, 0.15) is 36.5 Å². The summed E-state index contributed by atoms with van der Waals surface area (Å²) in [4.78, 5) is 22.7. The first-order valence-corrected chi connectivity index (χ1v) is 11.7. The van der Waals surface area contributed by atoms with Crippen LogP contribution in [0.1, 0.15) is 19.4 Å². The van der Waals surface area contributed by atoms with E-state index in [0.717, 1.165) is 36.0 Å². The normalized spacial score (nSPS) is 11.3. The van der Waals surface area contributed by atoms with Crippen LogP contribution in [0.15, 0.2) is 116 Å². The Labute approximate surface area is 229 Å². The van der Waals surface area contributed by atoms with E-state index in [9.17, 15) is 22.8 Å². The van der Waals surface area contributed by atoms with Gasteiger partial charge in [-0.15, -0.1) is 0 Å². The summed E-state index contributed by atoms with van der Waals surface area (Å²) < 4.78 is 61.1. The first-order valence-electron chi connectivity index (χ1n) is 11.7. The highest BCUT2D eigenvalue weighted by atomic mass is 19.4. The topological polar surface area (TPSA) is 71.1 Å². The zero-order chi connectivity index (χ0) is 29.3. The van der Waals surface area contributed by atoms with E-state index in [4.69, 9.17) is 14.2 Å². The Hall–Kier alpha value is -5.05. The van der Waals surface area contributed by atoms with Crippen molar-refractivity contribution in [2.24, 2.45) is 0 Å². The highest BCUT2D eigenvalue weighted by Crippen LogP contribution is 2.39. The van der Waals surface area contributed by atoms with Crippen molar-refractivity contribution in [1.29, 1.82) is 0 Å². The van der Waals surface area contributed by atoms with Crippen LogP contribution >= 0.6 is 0 Å². The van der Waals surface area contributed by atoms with E-state index < -0.39 is 29.4 Å². The van der Waals surface area contributed by atoms with Crippen molar-refractivity contribution in [2.45, 2.75) is 20.0 Å². The summed E-state index contributed by atoms with van der Waals surface area (Å²) in [6.45, 7) is 9.84. The smallest absolute Gasteiger partial charge is 0.420 e. The molecule has 0 N–H and O–H groups in total. The largest absolute Gasteiger partial charge is 0.462 e. The summed E-state index contributed by atoms with van der Waals surface area (Å²) in [5, 5.41) is 0. The first kappa shape index (κ1) is 29.5. The van der Waals surface area contributed by atoms with Crippen LogP contribution in [0, 0.1) is 0 Å². The van der Waals surface area contributed by atoms with E-state index in [0.29, 0.717) is 16.9 Å². The minimum absolute atomic E-state index is 0.134. The summed E-state index contributed by atoms with van der Waals surface area (Å²) in [6, 6.07) is 17.8. The maximum absolute atomic E-state index is 13.7. The molecule has 3 aromatic rings. The number of hydrogen-bond donors (Lipinski definition) is 0. The molecule has 206 valence electrons. The minimum atomic E-state index is -4.68. The number of alkyl halides is 3. The lowest BCUT2D eigenvalue weighted by Gasteiger charge is -2.14. The molecule has 3 rings (SSSR count). The van der Waals surface area contributed by atoms with Gasteiger partial charge in [0, 0.05) is 11.1 Å². The summed E-state index contributed by atoms with van der Waals surface area (Å²) in [6.07, 6.45) is -0.638. The van der Waals surface area contributed by atoms with Crippen molar-refractivity contribution in [3.05, 3.63) is 122 Å². The molecule has 0 saturated heterocycles. The molecule has 0 bridgehead atoms. The minimum Gasteiger partial charge on any atom is -0.462 e. The molecular weight excluding hydrogens is 525 g/mol. The average molecular weight is 551 g/mol. The fraction of sp³-hybridized carbons (Fsp3) is 0.0968. The van der Waals surface area contributed by atoms with Crippen LogP contribution in [-0.2, 0) is 25.2 Å². The lowest BCUT2D eigenvalue weighted by Crippen LogP contribution is -2.07. The highest BCUT2D eigenvalue weighted by Gasteiger charge is 2.34. The van der Waals surface area contributed by atoms with Gasteiger partial charge in [-0.3, -0.25) is 0 Å². The van der Waals surface area contributed by atoms with Crippen LogP contribution in [0.4, 0.5) is 13.2 Å². The van der Waals surface area contributed by atoms with Gasteiger partial charge in [-0.1, -0.05) is 55.6 Å². The van der Waals surface area contributed by atoms with Crippen molar-refractivity contribution in [1.82, 2.24) is 0 Å².